The molecule has 3 aromatic rings. The smallest absolute Gasteiger partial charge is 0.258 e. The lowest BCUT2D eigenvalue weighted by Crippen LogP contribution is -2.21. The lowest BCUT2D eigenvalue weighted by molar-refractivity contribution is 0.102. The van der Waals surface area contributed by atoms with Gasteiger partial charge in [0.1, 0.15) is 0 Å². The second kappa shape index (κ2) is 9.68. The van der Waals surface area contributed by atoms with E-state index < -0.39 is 0 Å². The summed E-state index contributed by atoms with van der Waals surface area (Å²) in [4.78, 5) is 23.3. The Morgan fingerprint density at radius 2 is 1.59 bits per heavy atom. The number of hydrogen-bond acceptors (Lipinski definition) is 5. The van der Waals surface area contributed by atoms with Crippen molar-refractivity contribution in [3.8, 4) is 0 Å². The summed E-state index contributed by atoms with van der Waals surface area (Å²) in [5, 5.41) is 6.13. The highest BCUT2D eigenvalue weighted by molar-refractivity contribution is 6.03. The van der Waals surface area contributed by atoms with Gasteiger partial charge < -0.3 is 15.5 Å². The average molecular weight is 390 g/mol. The van der Waals surface area contributed by atoms with Gasteiger partial charge >= 0.3 is 0 Å². The minimum Gasteiger partial charge on any atom is -0.372 e. The monoisotopic (exact) mass is 389 g/mol. The predicted octanol–water partition coefficient (Wildman–Crippen LogP) is 4.75. The van der Waals surface area contributed by atoms with Crippen LogP contribution in [0.25, 0.3) is 0 Å². The van der Waals surface area contributed by atoms with Crippen LogP contribution < -0.4 is 15.5 Å². The molecular weight excluding hydrogens is 362 g/mol. The molecule has 6 heteroatoms. The zero-order chi connectivity index (χ0) is 20.6. The first-order chi connectivity index (χ1) is 14.1. The maximum absolute atomic E-state index is 12.5. The molecule has 0 bridgehead atoms. The SMILES string of the molecule is CCN(CC)c1ccc(NC(=O)c2cnc(NC(C)c3ccccc3)nc2)cc1. The van der Waals surface area contributed by atoms with Gasteiger partial charge in [-0.1, -0.05) is 30.3 Å². The fraction of sp³-hybridized carbons (Fsp3) is 0.261. The quantitative estimate of drug-likeness (QED) is 0.582. The number of nitrogens with zero attached hydrogens (tertiary/aromatic N) is 3. The zero-order valence-electron chi connectivity index (χ0n) is 17.1. The minimum atomic E-state index is -0.233. The molecule has 2 N–H and O–H groups in total. The van der Waals surface area contributed by atoms with Crippen molar-refractivity contribution in [2.24, 2.45) is 0 Å². The van der Waals surface area contributed by atoms with Crippen LogP contribution in [0.3, 0.4) is 0 Å². The van der Waals surface area contributed by atoms with E-state index in [1.807, 2.05) is 61.5 Å². The van der Waals surface area contributed by atoms with Gasteiger partial charge in [-0.05, 0) is 50.6 Å². The summed E-state index contributed by atoms with van der Waals surface area (Å²) in [5.41, 5.74) is 3.44. The van der Waals surface area contributed by atoms with Crippen LogP contribution in [0.4, 0.5) is 17.3 Å². The molecule has 0 saturated carbocycles. The molecule has 1 unspecified atom stereocenters. The molecule has 1 atom stereocenters. The third-order valence-electron chi connectivity index (χ3n) is 4.81. The second-order valence-corrected chi connectivity index (χ2v) is 6.75. The molecule has 0 radical (unpaired) electrons. The average Bonchev–Trinajstić information content (AvgIpc) is 2.77. The number of nitrogens with one attached hydrogen (secondary N) is 2. The topological polar surface area (TPSA) is 70.2 Å². The molecule has 6 nitrogen and oxygen atoms in total. The number of benzene rings is 2. The van der Waals surface area contributed by atoms with Crippen molar-refractivity contribution in [3.05, 3.63) is 78.1 Å². The van der Waals surface area contributed by atoms with Crippen molar-refractivity contribution in [2.75, 3.05) is 28.6 Å². The molecule has 29 heavy (non-hydrogen) atoms. The van der Waals surface area contributed by atoms with Gasteiger partial charge in [-0.25, -0.2) is 9.97 Å². The first kappa shape index (κ1) is 20.3. The highest BCUT2D eigenvalue weighted by Gasteiger charge is 2.10. The first-order valence-electron chi connectivity index (χ1n) is 9.90. The Labute approximate surface area is 172 Å². The summed E-state index contributed by atoms with van der Waals surface area (Å²) in [5.74, 6) is 0.254. The van der Waals surface area contributed by atoms with E-state index in [1.165, 1.54) is 12.4 Å². The number of carbonyl (C=O) groups excluding carboxylic acids is 1. The molecular formula is C23H27N5O. The predicted molar refractivity (Wildman–Crippen MR) is 118 cm³/mol. The normalized spacial score (nSPS) is 11.6. The third kappa shape index (κ3) is 5.31. The van der Waals surface area contributed by atoms with E-state index in [9.17, 15) is 4.79 Å². The molecule has 3 rings (SSSR count). The van der Waals surface area contributed by atoms with Gasteiger partial charge in [0.15, 0.2) is 0 Å². The number of hydrogen-bond donors (Lipinski definition) is 2. The van der Waals surface area contributed by atoms with E-state index >= 15 is 0 Å². The minimum absolute atomic E-state index is 0.0696. The van der Waals surface area contributed by atoms with Crippen molar-refractivity contribution in [1.29, 1.82) is 0 Å². The van der Waals surface area contributed by atoms with E-state index in [4.69, 9.17) is 0 Å². The number of carbonyl (C=O) groups is 1. The summed E-state index contributed by atoms with van der Waals surface area (Å²) in [7, 11) is 0. The summed E-state index contributed by atoms with van der Waals surface area (Å²) in [6, 6.07) is 18.0. The second-order valence-electron chi connectivity index (χ2n) is 6.75. The van der Waals surface area contributed by atoms with Gasteiger partial charge in [-0.2, -0.15) is 0 Å². The van der Waals surface area contributed by atoms with E-state index in [0.717, 1.165) is 30.0 Å². The molecule has 1 heterocycles. The fourth-order valence-corrected chi connectivity index (χ4v) is 3.09. The Kier molecular flexibility index (Phi) is 6.79. The molecule has 150 valence electrons. The van der Waals surface area contributed by atoms with Crippen molar-refractivity contribution in [3.63, 3.8) is 0 Å². The van der Waals surface area contributed by atoms with E-state index in [0.29, 0.717) is 11.5 Å². The lowest BCUT2D eigenvalue weighted by Gasteiger charge is -2.21. The Morgan fingerprint density at radius 1 is 0.966 bits per heavy atom. The van der Waals surface area contributed by atoms with Crippen LogP contribution in [-0.4, -0.2) is 29.0 Å². The van der Waals surface area contributed by atoms with Gasteiger partial charge in [0.25, 0.3) is 5.91 Å². The van der Waals surface area contributed by atoms with E-state index in [-0.39, 0.29) is 11.9 Å². The maximum atomic E-state index is 12.5. The van der Waals surface area contributed by atoms with Crippen LogP contribution in [0.2, 0.25) is 0 Å². The Bertz CT molecular complexity index is 906. The largest absolute Gasteiger partial charge is 0.372 e. The Balaban J connectivity index is 1.60. The number of amides is 1. The molecule has 0 saturated heterocycles. The van der Waals surface area contributed by atoms with Gasteiger partial charge in [0.05, 0.1) is 11.6 Å². The summed E-state index contributed by atoms with van der Waals surface area (Å²) < 4.78 is 0. The van der Waals surface area contributed by atoms with Gasteiger partial charge in [0, 0.05) is 36.9 Å². The van der Waals surface area contributed by atoms with Gasteiger partial charge in [0.2, 0.25) is 5.95 Å². The molecule has 1 amide bonds. The van der Waals surface area contributed by atoms with E-state index in [1.54, 1.807) is 0 Å². The summed E-state index contributed by atoms with van der Waals surface area (Å²) >= 11 is 0. The number of aromatic nitrogens is 2. The van der Waals surface area contributed by atoms with Crippen molar-refractivity contribution >= 4 is 23.2 Å². The molecule has 0 spiro atoms. The highest BCUT2D eigenvalue weighted by atomic mass is 16.1. The first-order valence-corrected chi connectivity index (χ1v) is 9.90. The Hall–Kier alpha value is -3.41. The molecule has 1 aromatic heterocycles. The summed E-state index contributed by atoms with van der Waals surface area (Å²) in [6.45, 7) is 8.18. The van der Waals surface area contributed by atoms with Crippen molar-refractivity contribution in [1.82, 2.24) is 9.97 Å². The van der Waals surface area contributed by atoms with Crippen molar-refractivity contribution < 1.29 is 4.79 Å². The van der Waals surface area contributed by atoms with E-state index in [2.05, 4.69) is 39.3 Å². The van der Waals surface area contributed by atoms with Crippen LogP contribution in [0.5, 0.6) is 0 Å². The van der Waals surface area contributed by atoms with Crippen LogP contribution in [-0.2, 0) is 0 Å². The van der Waals surface area contributed by atoms with Crippen molar-refractivity contribution in [2.45, 2.75) is 26.8 Å². The fourth-order valence-electron chi connectivity index (χ4n) is 3.09. The van der Waals surface area contributed by atoms with Crippen LogP contribution in [0.15, 0.2) is 67.0 Å². The lowest BCUT2D eigenvalue weighted by atomic mass is 10.1. The third-order valence-corrected chi connectivity index (χ3v) is 4.81. The zero-order valence-corrected chi connectivity index (χ0v) is 17.1. The van der Waals surface area contributed by atoms with Crippen LogP contribution >= 0.6 is 0 Å². The van der Waals surface area contributed by atoms with Gasteiger partial charge in [-0.3, -0.25) is 4.79 Å². The van der Waals surface area contributed by atoms with Crippen LogP contribution in [0, 0.1) is 0 Å². The highest BCUT2D eigenvalue weighted by Crippen LogP contribution is 2.19. The van der Waals surface area contributed by atoms with Gasteiger partial charge in [-0.15, -0.1) is 0 Å². The Morgan fingerprint density at radius 3 is 2.17 bits per heavy atom. The maximum Gasteiger partial charge on any atom is 0.258 e. The molecule has 0 fully saturated rings. The standard InChI is InChI=1S/C23H27N5O/c1-4-28(5-2)21-13-11-20(12-14-21)27-22(29)19-15-24-23(25-16-19)26-17(3)18-9-7-6-8-10-18/h6-17H,4-5H2,1-3H3,(H,27,29)(H,24,25,26). The molecule has 0 aliphatic heterocycles. The molecule has 0 aliphatic rings. The molecule has 2 aromatic carbocycles. The molecule has 0 aliphatic carbocycles. The number of anilines is 3. The number of rotatable bonds is 8. The summed E-state index contributed by atoms with van der Waals surface area (Å²) in [6.07, 6.45) is 3.07. The van der Waals surface area contributed by atoms with Crippen LogP contribution in [0.1, 0.15) is 42.7 Å².